The van der Waals surface area contributed by atoms with Gasteiger partial charge in [-0.15, -0.1) is 5.10 Å². The highest BCUT2D eigenvalue weighted by Crippen LogP contribution is 2.33. The fourth-order valence-corrected chi connectivity index (χ4v) is 5.35. The van der Waals surface area contributed by atoms with Gasteiger partial charge in [-0.05, 0) is 60.9 Å². The van der Waals surface area contributed by atoms with Crippen LogP contribution in [0.4, 0.5) is 0 Å². The number of carbonyl (C=O) groups excluding carboxylic acids is 1. The molecule has 1 atom stereocenters. The summed E-state index contributed by atoms with van der Waals surface area (Å²) in [6.45, 7) is 3.69. The highest BCUT2D eigenvalue weighted by molar-refractivity contribution is 8.00. The van der Waals surface area contributed by atoms with Crippen molar-refractivity contribution < 1.29 is 4.79 Å². The summed E-state index contributed by atoms with van der Waals surface area (Å²) in [6.07, 6.45) is 8.02. The fraction of sp³-hybridized carbons (Fsp3) is 0.619. The van der Waals surface area contributed by atoms with Crippen molar-refractivity contribution in [3.05, 3.63) is 35.9 Å². The Morgan fingerprint density at radius 2 is 1.86 bits per heavy atom. The number of carbonyl (C=O) groups is 1. The van der Waals surface area contributed by atoms with Crippen LogP contribution in [0.5, 0.6) is 0 Å². The maximum absolute atomic E-state index is 12.9. The molecule has 150 valence electrons. The molecule has 0 unspecified atom stereocenters. The largest absolute Gasteiger partial charge is 0.342 e. The number of rotatable bonds is 6. The Bertz CT molecular complexity index is 766. The zero-order valence-electron chi connectivity index (χ0n) is 16.5. The van der Waals surface area contributed by atoms with Crippen molar-refractivity contribution in [2.24, 2.45) is 5.92 Å². The van der Waals surface area contributed by atoms with E-state index in [0.29, 0.717) is 12.0 Å². The van der Waals surface area contributed by atoms with Gasteiger partial charge < -0.3 is 4.90 Å². The SMILES string of the molecule is C[C@@H](Sc1nnnn1C1CCCC1)C(=O)N1CCC(Cc2ccccc2)CC1. The van der Waals surface area contributed by atoms with E-state index in [9.17, 15) is 4.79 Å². The van der Waals surface area contributed by atoms with Crippen LogP contribution in [-0.4, -0.2) is 49.4 Å². The van der Waals surface area contributed by atoms with E-state index in [1.165, 1.54) is 30.2 Å². The lowest BCUT2D eigenvalue weighted by Crippen LogP contribution is -2.42. The molecule has 4 rings (SSSR count). The maximum Gasteiger partial charge on any atom is 0.235 e. The molecule has 1 saturated carbocycles. The summed E-state index contributed by atoms with van der Waals surface area (Å²) in [5.74, 6) is 0.883. The number of piperidine rings is 1. The highest BCUT2D eigenvalue weighted by atomic mass is 32.2. The first-order valence-corrected chi connectivity index (χ1v) is 11.4. The van der Waals surface area contributed by atoms with Gasteiger partial charge in [0.25, 0.3) is 0 Å². The minimum absolute atomic E-state index is 0.156. The Kier molecular flexibility index (Phi) is 6.29. The molecule has 1 aromatic heterocycles. The van der Waals surface area contributed by atoms with E-state index in [1.807, 2.05) is 16.5 Å². The van der Waals surface area contributed by atoms with Gasteiger partial charge in [-0.3, -0.25) is 4.79 Å². The number of likely N-dealkylation sites (tertiary alicyclic amines) is 1. The monoisotopic (exact) mass is 399 g/mol. The lowest BCUT2D eigenvalue weighted by Gasteiger charge is -2.33. The number of amides is 1. The summed E-state index contributed by atoms with van der Waals surface area (Å²) in [4.78, 5) is 15.0. The highest BCUT2D eigenvalue weighted by Gasteiger charge is 2.29. The minimum Gasteiger partial charge on any atom is -0.342 e. The normalized spacial score (nSPS) is 19.8. The topological polar surface area (TPSA) is 63.9 Å². The van der Waals surface area contributed by atoms with Gasteiger partial charge in [-0.25, -0.2) is 4.68 Å². The second kappa shape index (κ2) is 9.07. The average Bonchev–Trinajstić information content (AvgIpc) is 3.40. The third kappa shape index (κ3) is 4.57. The molecule has 1 saturated heterocycles. The van der Waals surface area contributed by atoms with Gasteiger partial charge in [-0.2, -0.15) is 0 Å². The molecule has 1 aromatic carbocycles. The molecule has 0 radical (unpaired) electrons. The molecule has 2 aromatic rings. The van der Waals surface area contributed by atoms with Crippen molar-refractivity contribution in [2.45, 2.75) is 68.3 Å². The van der Waals surface area contributed by atoms with Crippen LogP contribution in [0.1, 0.15) is 57.1 Å². The molecule has 1 amide bonds. The Balaban J connectivity index is 1.29. The molecule has 0 N–H and O–H groups in total. The van der Waals surface area contributed by atoms with Crippen molar-refractivity contribution in [2.75, 3.05) is 13.1 Å². The molecule has 6 nitrogen and oxygen atoms in total. The molecule has 2 fully saturated rings. The lowest BCUT2D eigenvalue weighted by molar-refractivity contribution is -0.131. The second-order valence-corrected chi connectivity index (χ2v) is 9.37. The smallest absolute Gasteiger partial charge is 0.235 e. The molecule has 28 heavy (non-hydrogen) atoms. The van der Waals surface area contributed by atoms with Gasteiger partial charge in [0.1, 0.15) is 0 Å². The first-order valence-electron chi connectivity index (χ1n) is 10.5. The number of hydrogen-bond acceptors (Lipinski definition) is 5. The standard InChI is InChI=1S/C21H29N5OS/c1-16(28-21-22-23-24-26(21)19-9-5-6-10-19)20(27)25-13-11-18(12-14-25)15-17-7-3-2-4-8-17/h2-4,7-8,16,18-19H,5-6,9-15H2,1H3/t16-/m1/s1. The molecule has 0 bridgehead atoms. The first kappa shape index (κ1) is 19.4. The van der Waals surface area contributed by atoms with Crippen LogP contribution in [0.3, 0.4) is 0 Å². The van der Waals surface area contributed by atoms with E-state index < -0.39 is 0 Å². The van der Waals surface area contributed by atoms with Crippen LogP contribution in [0.2, 0.25) is 0 Å². The second-order valence-electron chi connectivity index (χ2n) is 8.06. The van der Waals surface area contributed by atoms with Crippen molar-refractivity contribution in [3.8, 4) is 0 Å². The number of benzene rings is 1. The number of hydrogen-bond donors (Lipinski definition) is 0. The third-order valence-electron chi connectivity index (χ3n) is 6.06. The van der Waals surface area contributed by atoms with Crippen LogP contribution in [0.15, 0.2) is 35.5 Å². The van der Waals surface area contributed by atoms with Crippen molar-refractivity contribution in [3.63, 3.8) is 0 Å². The van der Waals surface area contributed by atoms with Crippen molar-refractivity contribution >= 4 is 17.7 Å². The molecule has 0 spiro atoms. The first-order chi connectivity index (χ1) is 13.7. The maximum atomic E-state index is 12.9. The molecule has 1 aliphatic carbocycles. The summed E-state index contributed by atoms with van der Waals surface area (Å²) in [6, 6.07) is 11.1. The average molecular weight is 400 g/mol. The Hall–Kier alpha value is -1.89. The van der Waals surface area contributed by atoms with Crippen molar-refractivity contribution in [1.29, 1.82) is 0 Å². The number of thioether (sulfide) groups is 1. The molecule has 2 aliphatic rings. The quantitative estimate of drug-likeness (QED) is 0.692. The Morgan fingerprint density at radius 1 is 1.14 bits per heavy atom. The van der Waals surface area contributed by atoms with E-state index in [2.05, 4.69) is 45.9 Å². The Labute approximate surface area is 171 Å². The van der Waals surface area contributed by atoms with Crippen LogP contribution in [0, 0.1) is 5.92 Å². The molecule has 1 aliphatic heterocycles. The van der Waals surface area contributed by atoms with E-state index in [4.69, 9.17) is 0 Å². The summed E-state index contributed by atoms with van der Waals surface area (Å²) < 4.78 is 1.94. The summed E-state index contributed by atoms with van der Waals surface area (Å²) in [5, 5.41) is 12.9. The lowest BCUT2D eigenvalue weighted by atomic mass is 9.90. The van der Waals surface area contributed by atoms with Crippen LogP contribution in [0.25, 0.3) is 0 Å². The van der Waals surface area contributed by atoms with Gasteiger partial charge in [-0.1, -0.05) is 54.9 Å². The van der Waals surface area contributed by atoms with Gasteiger partial charge in [0.05, 0.1) is 11.3 Å². The predicted molar refractivity (Wildman–Crippen MR) is 110 cm³/mol. The van der Waals surface area contributed by atoms with Crippen molar-refractivity contribution in [1.82, 2.24) is 25.1 Å². The molecular formula is C21H29N5OS. The number of aromatic nitrogens is 4. The minimum atomic E-state index is -0.156. The molecule has 2 heterocycles. The molecule has 7 heteroatoms. The van der Waals surface area contributed by atoms with E-state index in [1.54, 1.807) is 0 Å². The zero-order chi connectivity index (χ0) is 19.3. The number of tetrazole rings is 1. The summed E-state index contributed by atoms with van der Waals surface area (Å²) in [7, 11) is 0. The summed E-state index contributed by atoms with van der Waals surface area (Å²) in [5.41, 5.74) is 1.40. The predicted octanol–water partition coefficient (Wildman–Crippen LogP) is 3.75. The van der Waals surface area contributed by atoms with Gasteiger partial charge in [0.15, 0.2) is 0 Å². The van der Waals surface area contributed by atoms with Gasteiger partial charge in [0.2, 0.25) is 11.1 Å². The van der Waals surface area contributed by atoms with Gasteiger partial charge >= 0.3 is 0 Å². The summed E-state index contributed by atoms with van der Waals surface area (Å²) >= 11 is 1.50. The van der Waals surface area contributed by atoms with Gasteiger partial charge in [0, 0.05) is 13.1 Å². The fourth-order valence-electron chi connectivity index (χ4n) is 4.41. The Morgan fingerprint density at radius 3 is 2.57 bits per heavy atom. The molecular weight excluding hydrogens is 370 g/mol. The number of nitrogens with zero attached hydrogens (tertiary/aromatic N) is 5. The van der Waals surface area contributed by atoms with Crippen LogP contribution >= 0.6 is 11.8 Å². The van der Waals surface area contributed by atoms with E-state index in [0.717, 1.165) is 50.4 Å². The van der Waals surface area contributed by atoms with E-state index in [-0.39, 0.29) is 11.2 Å². The zero-order valence-corrected chi connectivity index (χ0v) is 17.4. The van der Waals surface area contributed by atoms with E-state index >= 15 is 0 Å². The van der Waals surface area contributed by atoms with Crippen LogP contribution < -0.4 is 0 Å². The van der Waals surface area contributed by atoms with Crippen LogP contribution in [-0.2, 0) is 11.2 Å². The third-order valence-corrected chi connectivity index (χ3v) is 7.09.